The molecule has 2 aliphatic heterocycles. The molecular weight excluding hydrogens is 508 g/mol. The van der Waals surface area contributed by atoms with E-state index in [0.717, 1.165) is 36.4 Å². The minimum Gasteiger partial charge on any atom is -0.494 e. The molecule has 0 saturated carbocycles. The summed E-state index contributed by atoms with van der Waals surface area (Å²) in [5, 5.41) is 6.00. The van der Waals surface area contributed by atoms with Crippen LogP contribution in [0.3, 0.4) is 0 Å². The first kappa shape index (κ1) is 26.9. The Balaban J connectivity index is 1.43. The molecule has 2 aromatic carbocycles. The molecule has 5 rings (SSSR count). The average Bonchev–Trinajstić information content (AvgIpc) is 3.45. The number of fused-ring (bicyclic) bond motifs is 1. The first-order valence-electron chi connectivity index (χ1n) is 13.1. The van der Waals surface area contributed by atoms with E-state index in [2.05, 4.69) is 52.2 Å². The number of carbonyl (C=O) groups excluding carboxylic acids is 2. The zero-order chi connectivity index (χ0) is 28.4. The molecule has 0 aliphatic carbocycles. The van der Waals surface area contributed by atoms with Gasteiger partial charge in [0.05, 0.1) is 25.0 Å². The first-order valence-corrected chi connectivity index (χ1v) is 13.1. The number of urea groups is 1. The lowest BCUT2D eigenvalue weighted by molar-refractivity contribution is -0.111. The Labute approximate surface area is 234 Å². The lowest BCUT2D eigenvalue weighted by atomic mass is 10.2. The third kappa shape index (κ3) is 5.41. The van der Waals surface area contributed by atoms with E-state index in [1.54, 1.807) is 49.5 Å². The van der Waals surface area contributed by atoms with E-state index in [9.17, 15) is 9.59 Å². The van der Waals surface area contributed by atoms with Crippen LogP contribution in [-0.4, -0.2) is 79.1 Å². The molecule has 1 aromatic heterocycles. The van der Waals surface area contributed by atoms with Gasteiger partial charge in [0, 0.05) is 55.4 Å². The number of rotatable bonds is 8. The maximum Gasteiger partial charge on any atom is 0.330 e. The fourth-order valence-electron chi connectivity index (χ4n) is 4.99. The van der Waals surface area contributed by atoms with Crippen LogP contribution in [0.15, 0.2) is 61.3 Å². The van der Waals surface area contributed by atoms with E-state index >= 15 is 0 Å². The summed E-state index contributed by atoms with van der Waals surface area (Å²) in [7, 11) is 7.59. The molecule has 1 atom stereocenters. The van der Waals surface area contributed by atoms with E-state index in [0.29, 0.717) is 41.5 Å². The number of anilines is 6. The van der Waals surface area contributed by atoms with Crippen molar-refractivity contribution in [1.29, 1.82) is 0 Å². The van der Waals surface area contributed by atoms with Crippen molar-refractivity contribution in [3.63, 3.8) is 0 Å². The summed E-state index contributed by atoms with van der Waals surface area (Å²) >= 11 is 0. The second-order valence-electron chi connectivity index (χ2n) is 10.1. The number of hydrogen-bond acceptors (Lipinski definition) is 8. The molecule has 3 amide bonds. The van der Waals surface area contributed by atoms with E-state index < -0.39 is 0 Å². The molecule has 2 aliphatic rings. The van der Waals surface area contributed by atoms with Crippen molar-refractivity contribution >= 4 is 46.5 Å². The van der Waals surface area contributed by atoms with Gasteiger partial charge >= 0.3 is 6.03 Å². The Morgan fingerprint density at radius 3 is 2.75 bits per heavy atom. The van der Waals surface area contributed by atoms with Gasteiger partial charge in [-0.3, -0.25) is 4.79 Å². The summed E-state index contributed by atoms with van der Waals surface area (Å²) in [6.45, 7) is 5.82. The predicted octanol–water partition coefficient (Wildman–Crippen LogP) is 4.20. The normalized spacial score (nSPS) is 16.7. The summed E-state index contributed by atoms with van der Waals surface area (Å²) in [5.74, 6) is 1.13. The smallest absolute Gasteiger partial charge is 0.330 e. The minimum absolute atomic E-state index is 0.243. The molecular formula is C29H34N8O3. The predicted molar refractivity (Wildman–Crippen MR) is 157 cm³/mol. The van der Waals surface area contributed by atoms with E-state index in [1.807, 2.05) is 12.1 Å². The summed E-state index contributed by atoms with van der Waals surface area (Å²) in [6.07, 6.45) is 4.03. The summed E-state index contributed by atoms with van der Waals surface area (Å²) in [5.41, 5.74) is 3.71. The third-order valence-electron chi connectivity index (χ3n) is 7.23. The molecule has 40 heavy (non-hydrogen) atoms. The number of hydrogen-bond donors (Lipinski definition) is 2. The van der Waals surface area contributed by atoms with Crippen molar-refractivity contribution in [1.82, 2.24) is 19.8 Å². The van der Waals surface area contributed by atoms with Crippen LogP contribution in [0, 0.1) is 0 Å². The van der Waals surface area contributed by atoms with E-state index in [1.165, 1.54) is 11.0 Å². The number of ether oxygens (including phenoxy) is 1. The fraction of sp³-hybridized carbons (Fsp3) is 0.310. The number of likely N-dealkylation sites (N-methyl/N-ethyl adjacent to an activating group) is 1. The Morgan fingerprint density at radius 1 is 1.20 bits per heavy atom. The number of methoxy groups -OCH3 is 1. The average molecular weight is 543 g/mol. The van der Waals surface area contributed by atoms with Crippen LogP contribution < -0.4 is 25.2 Å². The van der Waals surface area contributed by atoms with Crippen LogP contribution in [-0.2, 0) is 11.3 Å². The topological polar surface area (TPSA) is 106 Å². The maximum atomic E-state index is 13.3. The van der Waals surface area contributed by atoms with Gasteiger partial charge in [-0.15, -0.1) is 0 Å². The molecule has 0 spiro atoms. The van der Waals surface area contributed by atoms with Gasteiger partial charge in [0.15, 0.2) is 5.82 Å². The minimum atomic E-state index is -0.337. The highest BCUT2D eigenvalue weighted by atomic mass is 16.5. The van der Waals surface area contributed by atoms with Gasteiger partial charge in [0.1, 0.15) is 5.75 Å². The lowest BCUT2D eigenvalue weighted by Gasteiger charge is -2.34. The fourth-order valence-corrected chi connectivity index (χ4v) is 4.99. The standard InChI is InChI=1S/C29H34N8O3/c1-6-26(38)31-20-8-7-9-22(14-20)37-27-19(17-35(4)29(37)39)16-30-28(33-27)32-24-11-10-21(15-25(24)40-5)36-13-12-23(18-36)34(2)3/h6-11,14-16,23H,1,12-13,17-18H2,2-5H3,(H,31,38)(H,30,32,33). The highest BCUT2D eigenvalue weighted by Gasteiger charge is 2.32. The largest absolute Gasteiger partial charge is 0.494 e. The second kappa shape index (κ2) is 11.2. The molecule has 0 bridgehead atoms. The van der Waals surface area contributed by atoms with Crippen molar-refractivity contribution in [3.8, 4) is 5.75 Å². The lowest BCUT2D eigenvalue weighted by Crippen LogP contribution is -2.43. The van der Waals surface area contributed by atoms with Gasteiger partial charge in [-0.1, -0.05) is 12.6 Å². The second-order valence-corrected chi connectivity index (χ2v) is 10.1. The summed E-state index contributed by atoms with van der Waals surface area (Å²) < 4.78 is 5.71. The van der Waals surface area contributed by atoms with Crippen molar-refractivity contribution in [2.45, 2.75) is 19.0 Å². The van der Waals surface area contributed by atoms with Gasteiger partial charge in [0.25, 0.3) is 0 Å². The molecule has 1 unspecified atom stereocenters. The van der Waals surface area contributed by atoms with Crippen LogP contribution in [0.2, 0.25) is 0 Å². The van der Waals surface area contributed by atoms with E-state index in [-0.39, 0.29) is 11.9 Å². The van der Waals surface area contributed by atoms with Gasteiger partial charge < -0.3 is 30.1 Å². The molecule has 11 nitrogen and oxygen atoms in total. The maximum absolute atomic E-state index is 13.3. The monoisotopic (exact) mass is 542 g/mol. The van der Waals surface area contributed by atoms with Crippen LogP contribution in [0.5, 0.6) is 5.75 Å². The van der Waals surface area contributed by atoms with Gasteiger partial charge in [-0.25, -0.2) is 14.7 Å². The number of nitrogens with zero attached hydrogens (tertiary/aromatic N) is 6. The SMILES string of the molecule is C=CC(=O)Nc1cccc(N2C(=O)N(C)Cc3cnc(Nc4ccc(N5CCC(N(C)C)C5)cc4OC)nc32)c1. The van der Waals surface area contributed by atoms with Gasteiger partial charge in [-0.05, 0) is 56.9 Å². The number of aromatic nitrogens is 2. The highest BCUT2D eigenvalue weighted by molar-refractivity contribution is 6.03. The first-order chi connectivity index (χ1) is 19.3. The van der Waals surface area contributed by atoms with Crippen LogP contribution in [0.4, 0.5) is 39.3 Å². The van der Waals surface area contributed by atoms with Crippen molar-refractivity contribution in [3.05, 3.63) is 66.9 Å². The Kier molecular flexibility index (Phi) is 7.56. The molecule has 1 saturated heterocycles. The molecule has 1 fully saturated rings. The zero-order valence-electron chi connectivity index (χ0n) is 23.2. The molecule has 3 heterocycles. The number of benzene rings is 2. The molecule has 0 radical (unpaired) electrons. The number of amides is 3. The highest BCUT2D eigenvalue weighted by Crippen LogP contribution is 2.36. The van der Waals surface area contributed by atoms with Gasteiger partial charge in [-0.2, -0.15) is 4.98 Å². The molecule has 208 valence electrons. The Hall–Kier alpha value is -4.64. The van der Waals surface area contributed by atoms with Crippen molar-refractivity contribution < 1.29 is 14.3 Å². The van der Waals surface area contributed by atoms with Crippen LogP contribution >= 0.6 is 0 Å². The van der Waals surface area contributed by atoms with Crippen LogP contribution in [0.1, 0.15) is 12.0 Å². The molecule has 3 aromatic rings. The Morgan fingerprint density at radius 2 is 2.02 bits per heavy atom. The number of nitrogens with one attached hydrogen (secondary N) is 2. The van der Waals surface area contributed by atoms with E-state index in [4.69, 9.17) is 9.72 Å². The molecule has 11 heteroatoms. The number of carbonyl (C=O) groups is 2. The quantitative estimate of drug-likeness (QED) is 0.408. The summed E-state index contributed by atoms with van der Waals surface area (Å²) in [4.78, 5) is 42.1. The molecule has 2 N–H and O–H groups in total. The third-order valence-corrected chi connectivity index (χ3v) is 7.23. The van der Waals surface area contributed by atoms with Crippen LogP contribution in [0.25, 0.3) is 0 Å². The summed E-state index contributed by atoms with van der Waals surface area (Å²) in [6, 6.07) is 13.4. The van der Waals surface area contributed by atoms with Crippen molar-refractivity contribution in [2.24, 2.45) is 0 Å². The van der Waals surface area contributed by atoms with Gasteiger partial charge in [0.2, 0.25) is 11.9 Å². The Bertz CT molecular complexity index is 1440. The van der Waals surface area contributed by atoms with Crippen molar-refractivity contribution in [2.75, 3.05) is 61.8 Å². The zero-order valence-corrected chi connectivity index (χ0v) is 23.2.